The lowest BCUT2D eigenvalue weighted by Crippen LogP contribution is -1.99. The molecule has 0 amide bonds. The van der Waals surface area contributed by atoms with Crippen LogP contribution in [0.5, 0.6) is 0 Å². The topological polar surface area (TPSA) is 92.1 Å². The molecule has 0 N–H and O–H groups in total. The SMILES string of the molecule is Cc1ccc2c(c1)c1cc(C)ccc1c1nc(-c3ccccc3-n3c4ccccc4c4ccccc43)cnc21.c1ccc(-c2ccc3c(c2)c2cc(-c4ccccc4)ccc2c2nc(-c4ccccc4-n4c5ccccc5c5ccccc54)cnc32)cc1.c1ccc(-c2ccc3c4ccc(-c5ccccc5)cc4c4nc(-c5ccc(-n6c7ccccc7c7ccccc76)cc5)cnc4c3c2)cc1. The molecule has 0 aliphatic carbocycles. The van der Waals surface area contributed by atoms with Crippen molar-refractivity contribution in [1.82, 2.24) is 43.6 Å². The van der Waals surface area contributed by atoms with E-state index in [1.807, 2.05) is 18.6 Å². The molecule has 137 heavy (non-hydrogen) atoms. The smallest absolute Gasteiger partial charge is 0.0979 e. The van der Waals surface area contributed by atoms with Crippen molar-refractivity contribution in [2.45, 2.75) is 13.8 Å². The molecule has 28 aromatic rings. The van der Waals surface area contributed by atoms with E-state index < -0.39 is 0 Å². The van der Waals surface area contributed by atoms with Gasteiger partial charge in [0.1, 0.15) is 0 Å². The van der Waals surface area contributed by atoms with Crippen LogP contribution in [-0.2, 0) is 0 Å². The molecule has 0 aliphatic rings. The van der Waals surface area contributed by atoms with E-state index in [1.165, 1.54) is 148 Å². The molecule has 22 aromatic carbocycles. The molecule has 640 valence electrons. The summed E-state index contributed by atoms with van der Waals surface area (Å²) in [5.41, 5.74) is 33.6. The molecule has 0 saturated carbocycles. The molecule has 9 heteroatoms. The number of fused-ring (bicyclic) bond motifs is 27. The Kier molecular flexibility index (Phi) is 19.2. The highest BCUT2D eigenvalue weighted by Crippen LogP contribution is 2.46. The normalized spacial score (nSPS) is 11.7. The fourth-order valence-electron chi connectivity index (χ4n) is 21.1. The summed E-state index contributed by atoms with van der Waals surface area (Å²) in [6.07, 6.45) is 5.82. The molecule has 0 spiro atoms. The minimum absolute atomic E-state index is 0.846. The second kappa shape index (κ2) is 33.0. The van der Waals surface area contributed by atoms with Crippen LogP contribution in [0, 0.1) is 13.8 Å². The minimum Gasteiger partial charge on any atom is -0.309 e. The summed E-state index contributed by atoms with van der Waals surface area (Å²) in [4.78, 5) is 31.6. The van der Waals surface area contributed by atoms with E-state index in [0.717, 1.165) is 122 Å². The fraction of sp³-hybridized carbons (Fsp3) is 0.0156. The third-order valence-electron chi connectivity index (χ3n) is 27.6. The highest BCUT2D eigenvalue weighted by molar-refractivity contribution is 6.27. The number of hydrogen-bond donors (Lipinski definition) is 0. The van der Waals surface area contributed by atoms with Crippen molar-refractivity contribution in [1.29, 1.82) is 0 Å². The van der Waals surface area contributed by atoms with Crippen LogP contribution in [0.1, 0.15) is 11.1 Å². The Hall–Kier alpha value is -18.2. The van der Waals surface area contributed by atoms with Gasteiger partial charge in [0.05, 0.1) is 113 Å². The summed E-state index contributed by atoms with van der Waals surface area (Å²) >= 11 is 0. The quantitative estimate of drug-likeness (QED) is 0.127. The summed E-state index contributed by atoms with van der Waals surface area (Å²) in [6, 6.07) is 160. The molecule has 28 rings (SSSR count). The standard InChI is InChI=1S/2C46H29N3.C36H25N3/c1-3-13-30(14-4-1)32-23-25-36-39(27-32)40-28-33(31-15-5-2-6-16-31)24-26-37(40)46-45(36)47-29-41(48-46)38-19-9-12-22-44(38)49-42-20-10-7-17-34(42)35-18-8-11-21-43(35)49;1-3-11-30(12-4-1)33-21-25-36-37-26-22-34(31-13-5-2-6-14-31)28-41(37)46-45(40(36)27-33)47-29-42(48-46)32-19-23-35(24-20-32)49-43-17-9-7-15-38(43)39-16-8-10-18-44(39)49;1-22-15-17-26-29(19-22)30-20-23(2)16-18-27(30)36-35(26)37-21-31(38-36)28-11-5-8-14-34(28)39-32-12-6-3-9-24(32)25-10-4-7-13-33(25)39/h2*1-29H;3-21H,1-2H3. The van der Waals surface area contributed by atoms with Gasteiger partial charge in [-0.05, 0) is 176 Å². The molecule has 0 bridgehead atoms. The third kappa shape index (κ3) is 13.6. The number of aryl methyl sites for hydroxylation is 2. The van der Waals surface area contributed by atoms with Gasteiger partial charge < -0.3 is 13.7 Å². The lowest BCUT2D eigenvalue weighted by Gasteiger charge is -2.15. The van der Waals surface area contributed by atoms with E-state index >= 15 is 0 Å². The van der Waals surface area contributed by atoms with Crippen molar-refractivity contribution in [3.05, 3.63) is 479 Å². The van der Waals surface area contributed by atoms with E-state index in [1.54, 1.807) is 0 Å². The van der Waals surface area contributed by atoms with Gasteiger partial charge in [-0.25, -0.2) is 15.0 Å². The summed E-state index contributed by atoms with van der Waals surface area (Å²) in [5.74, 6) is 0. The van der Waals surface area contributed by atoms with Crippen LogP contribution >= 0.6 is 0 Å². The predicted octanol–water partition coefficient (Wildman–Crippen LogP) is 33.4. The lowest BCUT2D eigenvalue weighted by atomic mass is 9.93. The molecule has 0 unspecified atom stereocenters. The zero-order valence-corrected chi connectivity index (χ0v) is 75.0. The maximum absolute atomic E-state index is 5.46. The lowest BCUT2D eigenvalue weighted by molar-refractivity contribution is 1.17. The van der Waals surface area contributed by atoms with Crippen LogP contribution in [0.2, 0.25) is 0 Å². The molecule has 0 radical (unpaired) electrons. The zero-order valence-electron chi connectivity index (χ0n) is 75.0. The van der Waals surface area contributed by atoms with Crippen molar-refractivity contribution < 1.29 is 0 Å². The monoisotopic (exact) mass is 1750 g/mol. The first kappa shape index (κ1) is 79.7. The summed E-state index contributed by atoms with van der Waals surface area (Å²) < 4.78 is 7.06. The van der Waals surface area contributed by atoms with Gasteiger partial charge in [-0.1, -0.05) is 375 Å². The average Bonchev–Trinajstić information content (AvgIpc) is 1.57. The Balaban J connectivity index is 0.000000107. The first-order chi connectivity index (χ1) is 67.8. The van der Waals surface area contributed by atoms with Crippen LogP contribution in [-0.4, -0.2) is 43.6 Å². The number of hydrogen-bond acceptors (Lipinski definition) is 6. The minimum atomic E-state index is 0.846. The first-order valence-electron chi connectivity index (χ1n) is 46.7. The van der Waals surface area contributed by atoms with Gasteiger partial charge in [0.15, 0.2) is 0 Å². The van der Waals surface area contributed by atoms with E-state index in [-0.39, 0.29) is 0 Å². The molecule has 9 nitrogen and oxygen atoms in total. The Morgan fingerprint density at radius 3 is 0.788 bits per heavy atom. The first-order valence-corrected chi connectivity index (χ1v) is 46.7. The van der Waals surface area contributed by atoms with Crippen molar-refractivity contribution in [2.75, 3.05) is 0 Å². The molecular formula is C128H83N9. The van der Waals surface area contributed by atoms with Crippen molar-refractivity contribution >= 4 is 163 Å². The molecule has 0 aliphatic heterocycles. The van der Waals surface area contributed by atoms with E-state index in [2.05, 4.69) is 476 Å². The second-order valence-electron chi connectivity index (χ2n) is 35.7. The van der Waals surface area contributed by atoms with Gasteiger partial charge >= 0.3 is 0 Å². The number of nitrogens with zero attached hydrogens (tertiary/aromatic N) is 9. The average molecular weight is 1750 g/mol. The Morgan fingerprint density at radius 1 is 0.161 bits per heavy atom. The number of benzene rings is 22. The maximum atomic E-state index is 5.46. The van der Waals surface area contributed by atoms with Crippen LogP contribution < -0.4 is 0 Å². The van der Waals surface area contributed by atoms with E-state index in [9.17, 15) is 0 Å². The van der Waals surface area contributed by atoms with Crippen molar-refractivity contribution in [3.63, 3.8) is 0 Å². The summed E-state index contributed by atoms with van der Waals surface area (Å²) in [6.45, 7) is 4.29. The number of aromatic nitrogens is 9. The highest BCUT2D eigenvalue weighted by Gasteiger charge is 2.24. The number of para-hydroxylation sites is 8. The van der Waals surface area contributed by atoms with Gasteiger partial charge in [-0.2, -0.15) is 0 Å². The molecule has 6 aromatic heterocycles. The zero-order chi connectivity index (χ0) is 90.7. The van der Waals surface area contributed by atoms with Crippen LogP contribution in [0.15, 0.2) is 468 Å². The van der Waals surface area contributed by atoms with E-state index in [0.29, 0.717) is 0 Å². The predicted molar refractivity (Wildman–Crippen MR) is 574 cm³/mol. The Morgan fingerprint density at radius 2 is 0.416 bits per heavy atom. The summed E-state index contributed by atoms with van der Waals surface area (Å²) in [7, 11) is 0. The highest BCUT2D eigenvalue weighted by atomic mass is 15.0. The Bertz CT molecular complexity index is 9540. The molecule has 0 atom stereocenters. The van der Waals surface area contributed by atoms with Crippen LogP contribution in [0.3, 0.4) is 0 Å². The molecule has 6 heterocycles. The molecule has 0 fully saturated rings. The fourth-order valence-corrected chi connectivity index (χ4v) is 21.1. The van der Waals surface area contributed by atoms with E-state index in [4.69, 9.17) is 29.9 Å². The summed E-state index contributed by atoms with van der Waals surface area (Å²) in [5, 5.41) is 21.3. The molecular weight excluding hydrogens is 1660 g/mol. The van der Waals surface area contributed by atoms with Crippen LogP contribution in [0.25, 0.3) is 258 Å². The number of rotatable bonds is 10. The largest absolute Gasteiger partial charge is 0.309 e. The third-order valence-corrected chi connectivity index (χ3v) is 27.6. The second-order valence-corrected chi connectivity index (χ2v) is 35.7. The van der Waals surface area contributed by atoms with Crippen molar-refractivity contribution in [3.8, 4) is 95.3 Å². The maximum Gasteiger partial charge on any atom is 0.0979 e. The van der Waals surface area contributed by atoms with Gasteiger partial charge in [0.2, 0.25) is 0 Å². The van der Waals surface area contributed by atoms with Gasteiger partial charge in [0.25, 0.3) is 0 Å². The van der Waals surface area contributed by atoms with Gasteiger partial charge in [-0.15, -0.1) is 0 Å². The van der Waals surface area contributed by atoms with Crippen molar-refractivity contribution in [2.24, 2.45) is 0 Å². The Labute approximate surface area is 789 Å². The van der Waals surface area contributed by atoms with Crippen LogP contribution in [0.4, 0.5) is 0 Å². The van der Waals surface area contributed by atoms with Gasteiger partial charge in [0, 0.05) is 87.0 Å². The van der Waals surface area contributed by atoms with Gasteiger partial charge in [-0.3, -0.25) is 15.0 Å². The molecule has 0 saturated heterocycles.